The molecule has 1 fully saturated rings. The van der Waals surface area contributed by atoms with E-state index in [1.165, 1.54) is 6.33 Å². The van der Waals surface area contributed by atoms with Crippen LogP contribution in [0.1, 0.15) is 24.6 Å². The van der Waals surface area contributed by atoms with E-state index in [4.69, 9.17) is 10.5 Å². The third-order valence-electron chi connectivity index (χ3n) is 4.75. The maximum absolute atomic E-state index is 10.7. The van der Waals surface area contributed by atoms with Crippen LogP contribution >= 0.6 is 0 Å². The van der Waals surface area contributed by atoms with Crippen molar-refractivity contribution in [1.29, 1.82) is 0 Å². The summed E-state index contributed by atoms with van der Waals surface area (Å²) < 4.78 is 7.62. The van der Waals surface area contributed by atoms with Crippen molar-refractivity contribution in [2.75, 3.05) is 23.9 Å². The van der Waals surface area contributed by atoms with Gasteiger partial charge in [0.15, 0.2) is 17.0 Å². The SMILES string of the molecule is Nc1ncnc2c1nc(N(O)CCc1ccccc1)n2C1CCC(CO)O1. The molecule has 4 N–H and O–H groups in total. The lowest BCUT2D eigenvalue weighted by molar-refractivity contribution is -0.0210. The number of aliphatic hydroxyl groups excluding tert-OH is 1. The van der Waals surface area contributed by atoms with Crippen LogP contribution < -0.4 is 10.8 Å². The Morgan fingerprint density at radius 1 is 1.22 bits per heavy atom. The van der Waals surface area contributed by atoms with E-state index in [9.17, 15) is 10.3 Å². The van der Waals surface area contributed by atoms with E-state index in [0.29, 0.717) is 36.5 Å². The quantitative estimate of drug-likeness (QED) is 0.558. The average molecular weight is 370 g/mol. The molecule has 1 aromatic carbocycles. The molecule has 9 heteroatoms. The van der Waals surface area contributed by atoms with Gasteiger partial charge in [0.05, 0.1) is 19.3 Å². The van der Waals surface area contributed by atoms with Crippen LogP contribution in [0.5, 0.6) is 0 Å². The largest absolute Gasteiger partial charge is 0.394 e. The number of anilines is 2. The minimum Gasteiger partial charge on any atom is -0.394 e. The van der Waals surface area contributed by atoms with E-state index in [-0.39, 0.29) is 24.8 Å². The van der Waals surface area contributed by atoms with Gasteiger partial charge in [-0.05, 0) is 24.8 Å². The molecular weight excluding hydrogens is 348 g/mol. The second-order valence-corrected chi connectivity index (χ2v) is 6.54. The molecule has 3 heterocycles. The number of ether oxygens (including phenoxy) is 1. The van der Waals surface area contributed by atoms with E-state index in [0.717, 1.165) is 17.0 Å². The smallest absolute Gasteiger partial charge is 0.234 e. The number of imidazole rings is 1. The zero-order valence-electron chi connectivity index (χ0n) is 14.8. The fraction of sp³-hybridized carbons (Fsp3) is 0.389. The van der Waals surface area contributed by atoms with Gasteiger partial charge in [-0.2, -0.15) is 0 Å². The predicted molar refractivity (Wildman–Crippen MR) is 99.2 cm³/mol. The van der Waals surface area contributed by atoms with Crippen LogP contribution in [0.3, 0.4) is 0 Å². The number of hydrogen-bond acceptors (Lipinski definition) is 8. The fourth-order valence-corrected chi connectivity index (χ4v) is 3.35. The van der Waals surface area contributed by atoms with Gasteiger partial charge in [-0.3, -0.25) is 9.77 Å². The van der Waals surface area contributed by atoms with Crippen LogP contribution in [-0.4, -0.2) is 49.1 Å². The van der Waals surface area contributed by atoms with E-state index in [1.807, 2.05) is 30.3 Å². The third-order valence-corrected chi connectivity index (χ3v) is 4.75. The normalized spacial score (nSPS) is 19.6. The van der Waals surface area contributed by atoms with E-state index in [2.05, 4.69) is 15.0 Å². The van der Waals surface area contributed by atoms with Crippen molar-refractivity contribution in [2.24, 2.45) is 0 Å². The Morgan fingerprint density at radius 3 is 2.78 bits per heavy atom. The minimum atomic E-state index is -0.386. The van der Waals surface area contributed by atoms with Crippen molar-refractivity contribution in [3.05, 3.63) is 42.2 Å². The summed E-state index contributed by atoms with van der Waals surface area (Å²) in [5.41, 5.74) is 7.97. The van der Waals surface area contributed by atoms with Crippen LogP contribution in [0.2, 0.25) is 0 Å². The lowest BCUT2D eigenvalue weighted by atomic mass is 10.1. The van der Waals surface area contributed by atoms with Gasteiger partial charge in [0.2, 0.25) is 5.95 Å². The second kappa shape index (κ2) is 7.47. The number of hydrogen-bond donors (Lipinski definition) is 3. The number of hydroxylamine groups is 1. The van der Waals surface area contributed by atoms with Crippen molar-refractivity contribution in [3.63, 3.8) is 0 Å². The van der Waals surface area contributed by atoms with Crippen LogP contribution in [0.4, 0.5) is 11.8 Å². The first-order valence-corrected chi connectivity index (χ1v) is 8.92. The Balaban J connectivity index is 1.66. The van der Waals surface area contributed by atoms with Gasteiger partial charge in [-0.15, -0.1) is 0 Å². The standard InChI is InChI=1S/C18H22N6O3/c19-16-15-17(21-11-20-16)24(14-7-6-13(10-25)27-14)18(22-15)23(26)9-8-12-4-2-1-3-5-12/h1-5,11,13-14,25-26H,6-10H2,(H2,19,20,21). The summed E-state index contributed by atoms with van der Waals surface area (Å²) in [6, 6.07) is 9.89. The molecule has 27 heavy (non-hydrogen) atoms. The van der Waals surface area contributed by atoms with Crippen molar-refractivity contribution in [2.45, 2.75) is 31.6 Å². The summed E-state index contributed by atoms with van der Waals surface area (Å²) in [5, 5.41) is 21.2. The fourth-order valence-electron chi connectivity index (χ4n) is 3.35. The maximum atomic E-state index is 10.7. The summed E-state index contributed by atoms with van der Waals surface area (Å²) in [5.74, 6) is 0.546. The van der Waals surface area contributed by atoms with Crippen LogP contribution in [-0.2, 0) is 11.2 Å². The van der Waals surface area contributed by atoms with Gasteiger partial charge in [-0.1, -0.05) is 30.3 Å². The lowest BCUT2D eigenvalue weighted by Gasteiger charge is -2.21. The molecule has 2 atom stereocenters. The first-order chi connectivity index (χ1) is 13.2. The van der Waals surface area contributed by atoms with Crippen LogP contribution in [0.25, 0.3) is 11.2 Å². The number of benzene rings is 1. The highest BCUT2D eigenvalue weighted by Gasteiger charge is 2.31. The second-order valence-electron chi connectivity index (χ2n) is 6.54. The molecule has 0 bridgehead atoms. The van der Waals surface area contributed by atoms with Gasteiger partial charge in [0.1, 0.15) is 12.6 Å². The molecule has 4 rings (SSSR count). The number of fused-ring (bicyclic) bond motifs is 1. The Hall–Kier alpha value is -2.75. The Kier molecular flexibility index (Phi) is 4.88. The average Bonchev–Trinajstić information content (AvgIpc) is 3.32. The summed E-state index contributed by atoms with van der Waals surface area (Å²) in [6.45, 7) is 0.295. The van der Waals surface area contributed by atoms with Gasteiger partial charge >= 0.3 is 0 Å². The highest BCUT2D eigenvalue weighted by atomic mass is 16.5. The number of nitrogen functional groups attached to an aromatic ring is 1. The molecule has 0 radical (unpaired) electrons. The molecule has 3 aromatic rings. The highest BCUT2D eigenvalue weighted by Crippen LogP contribution is 2.35. The van der Waals surface area contributed by atoms with Crippen molar-refractivity contribution in [3.8, 4) is 0 Å². The van der Waals surface area contributed by atoms with Crippen molar-refractivity contribution in [1.82, 2.24) is 19.5 Å². The molecule has 0 aliphatic carbocycles. The van der Waals surface area contributed by atoms with Crippen molar-refractivity contribution >= 4 is 22.9 Å². The van der Waals surface area contributed by atoms with Crippen LogP contribution in [0, 0.1) is 0 Å². The van der Waals surface area contributed by atoms with Crippen LogP contribution in [0.15, 0.2) is 36.7 Å². The van der Waals surface area contributed by atoms with Crippen molar-refractivity contribution < 1.29 is 15.1 Å². The monoisotopic (exact) mass is 370 g/mol. The third kappa shape index (κ3) is 3.44. The molecule has 0 amide bonds. The molecule has 1 aliphatic heterocycles. The Labute approximate surface area is 156 Å². The van der Waals surface area contributed by atoms with Gasteiger partial charge in [0.25, 0.3) is 0 Å². The topological polar surface area (TPSA) is 123 Å². The van der Waals surface area contributed by atoms with Gasteiger partial charge < -0.3 is 15.6 Å². The molecule has 9 nitrogen and oxygen atoms in total. The first kappa shape index (κ1) is 17.7. The highest BCUT2D eigenvalue weighted by molar-refractivity contribution is 5.84. The Morgan fingerprint density at radius 2 is 2.04 bits per heavy atom. The zero-order chi connectivity index (χ0) is 18.8. The molecule has 2 aromatic heterocycles. The first-order valence-electron chi connectivity index (χ1n) is 8.92. The molecule has 142 valence electrons. The molecule has 0 spiro atoms. The summed E-state index contributed by atoms with van der Waals surface area (Å²) in [6.07, 6.45) is 2.78. The summed E-state index contributed by atoms with van der Waals surface area (Å²) in [7, 11) is 0. The number of rotatable bonds is 6. The molecule has 2 unspecified atom stereocenters. The van der Waals surface area contributed by atoms with E-state index < -0.39 is 0 Å². The predicted octanol–water partition coefficient (Wildman–Crippen LogP) is 1.52. The van der Waals surface area contributed by atoms with Gasteiger partial charge in [-0.25, -0.2) is 20.0 Å². The number of nitrogens with zero attached hydrogens (tertiary/aromatic N) is 5. The lowest BCUT2D eigenvalue weighted by Crippen LogP contribution is -2.26. The summed E-state index contributed by atoms with van der Waals surface area (Å²) in [4.78, 5) is 12.7. The Bertz CT molecular complexity index is 916. The minimum absolute atomic E-state index is 0.0492. The molecular formula is C18H22N6O3. The maximum Gasteiger partial charge on any atom is 0.234 e. The number of aromatic nitrogens is 4. The zero-order valence-corrected chi connectivity index (χ0v) is 14.8. The molecule has 1 saturated heterocycles. The van der Waals surface area contributed by atoms with E-state index in [1.54, 1.807) is 4.57 Å². The summed E-state index contributed by atoms with van der Waals surface area (Å²) >= 11 is 0. The van der Waals surface area contributed by atoms with E-state index >= 15 is 0 Å². The molecule has 0 saturated carbocycles. The molecule has 1 aliphatic rings. The van der Waals surface area contributed by atoms with Gasteiger partial charge in [0, 0.05) is 0 Å². The number of nitrogens with two attached hydrogens (primary N) is 1. The number of aliphatic hydroxyl groups is 1.